The molecule has 29 heavy (non-hydrogen) atoms. The van der Waals surface area contributed by atoms with Crippen LogP contribution in [0.5, 0.6) is 0 Å². The van der Waals surface area contributed by atoms with E-state index in [1.54, 1.807) is 41.7 Å². The second kappa shape index (κ2) is 7.62. The Morgan fingerprint density at radius 3 is 2.62 bits per heavy atom. The Kier molecular flexibility index (Phi) is 5.00. The summed E-state index contributed by atoms with van der Waals surface area (Å²) in [5.74, 6) is -0.0389. The zero-order chi connectivity index (χ0) is 20.4. The zero-order valence-corrected chi connectivity index (χ0v) is 15.5. The molecule has 0 atom stereocenters. The largest absolute Gasteiger partial charge is 0.416 e. The first kappa shape index (κ1) is 19.0. The quantitative estimate of drug-likeness (QED) is 0.723. The molecule has 1 amide bonds. The minimum Gasteiger partial charge on any atom is -0.374 e. The van der Waals surface area contributed by atoms with Crippen LogP contribution >= 0.6 is 0 Å². The molecule has 0 saturated carbocycles. The number of hydrogen-bond donors (Lipinski definition) is 1. The van der Waals surface area contributed by atoms with Gasteiger partial charge < -0.3 is 14.8 Å². The van der Waals surface area contributed by atoms with E-state index in [1.807, 2.05) is 11.0 Å². The van der Waals surface area contributed by atoms with Crippen molar-refractivity contribution < 1.29 is 18.0 Å². The van der Waals surface area contributed by atoms with Crippen molar-refractivity contribution in [1.82, 2.24) is 19.8 Å². The molecule has 5 nitrogen and oxygen atoms in total. The highest BCUT2D eigenvalue weighted by Crippen LogP contribution is 2.29. The van der Waals surface area contributed by atoms with E-state index in [0.29, 0.717) is 37.3 Å². The highest BCUT2D eigenvalue weighted by molar-refractivity contribution is 5.97. The van der Waals surface area contributed by atoms with Crippen LogP contribution in [0.25, 0.3) is 17.1 Å². The number of alkyl halides is 3. The topological polar surface area (TPSA) is 52.2 Å². The first-order valence-electron chi connectivity index (χ1n) is 9.22. The average Bonchev–Trinajstić information content (AvgIpc) is 3.19. The fourth-order valence-corrected chi connectivity index (χ4v) is 3.34. The summed E-state index contributed by atoms with van der Waals surface area (Å²) in [5.41, 5.74) is 2.06. The molecule has 1 N–H and O–H groups in total. The number of nitrogens with zero attached hydrogens (tertiary/aromatic N) is 3. The molecule has 2 aromatic carbocycles. The minimum absolute atomic E-state index is 0.0389. The molecule has 0 aliphatic carbocycles. The number of H-pyrrole nitrogens is 1. The maximum Gasteiger partial charge on any atom is 0.416 e. The lowest BCUT2D eigenvalue weighted by Crippen LogP contribution is -2.46. The zero-order valence-electron chi connectivity index (χ0n) is 15.5. The van der Waals surface area contributed by atoms with E-state index < -0.39 is 11.7 Å². The molecule has 0 spiro atoms. The molecule has 2 heterocycles. The fraction of sp³-hybridized carbons (Fsp3) is 0.238. The number of aromatic nitrogens is 2. The van der Waals surface area contributed by atoms with Gasteiger partial charge in [-0.05, 0) is 48.2 Å². The molecule has 4 rings (SSSR count). The molecule has 3 aromatic rings. The van der Waals surface area contributed by atoms with Crippen molar-refractivity contribution in [3.63, 3.8) is 0 Å². The molecule has 0 radical (unpaired) electrons. The minimum atomic E-state index is -4.35. The molecule has 8 heteroatoms. The summed E-state index contributed by atoms with van der Waals surface area (Å²) in [6.45, 7) is 2.33. The van der Waals surface area contributed by atoms with Gasteiger partial charge in [0.2, 0.25) is 0 Å². The lowest BCUT2D eigenvalue weighted by Gasteiger charge is -2.34. The number of nitrogens with one attached hydrogen (secondary N) is 1. The monoisotopic (exact) mass is 400 g/mol. The average molecular weight is 400 g/mol. The van der Waals surface area contributed by atoms with Gasteiger partial charge in [0.15, 0.2) is 0 Å². The summed E-state index contributed by atoms with van der Waals surface area (Å²) in [6.07, 6.45) is 0.691. The molecule has 0 bridgehead atoms. The first-order chi connectivity index (χ1) is 13.9. The number of aromatic amines is 1. The van der Waals surface area contributed by atoms with Crippen molar-refractivity contribution >= 4 is 23.0 Å². The van der Waals surface area contributed by atoms with E-state index in [0.717, 1.165) is 23.2 Å². The summed E-state index contributed by atoms with van der Waals surface area (Å²) < 4.78 is 38.4. The number of piperazine rings is 1. The van der Waals surface area contributed by atoms with Crippen LogP contribution in [0.4, 0.5) is 13.2 Å². The summed E-state index contributed by atoms with van der Waals surface area (Å²) in [4.78, 5) is 23.7. The number of carbonyl (C=O) groups excluding carboxylic acids is 1. The van der Waals surface area contributed by atoms with Gasteiger partial charge in [0, 0.05) is 31.7 Å². The van der Waals surface area contributed by atoms with Crippen molar-refractivity contribution in [1.29, 1.82) is 0 Å². The summed E-state index contributed by atoms with van der Waals surface area (Å²) >= 11 is 0. The second-order valence-electron chi connectivity index (χ2n) is 6.90. The van der Waals surface area contributed by atoms with Gasteiger partial charge in [-0.1, -0.05) is 12.1 Å². The summed E-state index contributed by atoms with van der Waals surface area (Å²) in [5, 5.41) is 0. The predicted octanol–water partition coefficient (Wildman–Crippen LogP) is 4.01. The highest BCUT2D eigenvalue weighted by atomic mass is 19.4. The van der Waals surface area contributed by atoms with E-state index in [2.05, 4.69) is 9.97 Å². The molecule has 0 unspecified atom stereocenters. The lowest BCUT2D eigenvalue weighted by molar-refractivity contribution is -0.137. The predicted molar refractivity (Wildman–Crippen MR) is 104 cm³/mol. The highest BCUT2D eigenvalue weighted by Gasteiger charge is 2.30. The standard InChI is InChI=1S/C21H19F3N4O/c22-21(23,24)17-3-1-2-15(12-17)6-7-27-8-10-28(11-9-27)20(29)16-4-5-18-19(13-16)26-14-25-18/h1-7,12-14H,8-11H2,(H,25,26)/b7-6+. The number of carbonyl (C=O) groups is 1. The first-order valence-corrected chi connectivity index (χ1v) is 9.22. The van der Waals surface area contributed by atoms with Crippen molar-refractivity contribution in [3.05, 3.63) is 71.7 Å². The smallest absolute Gasteiger partial charge is 0.374 e. The maximum atomic E-state index is 12.8. The number of amides is 1. The van der Waals surface area contributed by atoms with Gasteiger partial charge in [0.1, 0.15) is 0 Å². The van der Waals surface area contributed by atoms with Gasteiger partial charge in [-0.2, -0.15) is 13.2 Å². The number of fused-ring (bicyclic) bond motifs is 1. The summed E-state index contributed by atoms with van der Waals surface area (Å²) in [7, 11) is 0. The normalized spacial score (nSPS) is 15.4. The van der Waals surface area contributed by atoms with Gasteiger partial charge in [0.25, 0.3) is 5.91 Å². The number of halogens is 3. The second-order valence-corrected chi connectivity index (χ2v) is 6.90. The molecular weight excluding hydrogens is 381 g/mol. The van der Waals surface area contributed by atoms with Crippen LogP contribution in [0, 0.1) is 0 Å². The van der Waals surface area contributed by atoms with Crippen LogP contribution in [0.1, 0.15) is 21.5 Å². The summed E-state index contributed by atoms with van der Waals surface area (Å²) in [6, 6.07) is 10.6. The third-order valence-corrected chi connectivity index (χ3v) is 4.96. The van der Waals surface area contributed by atoms with Crippen molar-refractivity contribution in [2.24, 2.45) is 0 Å². The molecule has 1 saturated heterocycles. The van der Waals surface area contributed by atoms with Gasteiger partial charge >= 0.3 is 6.18 Å². The third kappa shape index (κ3) is 4.26. The number of hydrogen-bond acceptors (Lipinski definition) is 3. The van der Waals surface area contributed by atoms with Gasteiger partial charge in [0.05, 0.1) is 22.9 Å². The van der Waals surface area contributed by atoms with Crippen LogP contribution in [-0.4, -0.2) is 51.9 Å². The van der Waals surface area contributed by atoms with Gasteiger partial charge in [-0.3, -0.25) is 4.79 Å². The van der Waals surface area contributed by atoms with Crippen LogP contribution in [0.15, 0.2) is 55.0 Å². The molecule has 1 aliphatic rings. The Bertz CT molecular complexity index is 1050. The fourth-order valence-electron chi connectivity index (χ4n) is 3.34. The van der Waals surface area contributed by atoms with Crippen molar-refractivity contribution in [3.8, 4) is 0 Å². The van der Waals surface area contributed by atoms with E-state index in [1.165, 1.54) is 6.07 Å². The van der Waals surface area contributed by atoms with E-state index >= 15 is 0 Å². The molecular formula is C21H19F3N4O. The van der Waals surface area contributed by atoms with E-state index in [9.17, 15) is 18.0 Å². The number of benzene rings is 2. The molecule has 1 aromatic heterocycles. The maximum absolute atomic E-state index is 12.8. The Labute approximate surface area is 165 Å². The van der Waals surface area contributed by atoms with Crippen molar-refractivity contribution in [2.75, 3.05) is 26.2 Å². The van der Waals surface area contributed by atoms with Gasteiger partial charge in [-0.25, -0.2) is 4.98 Å². The Morgan fingerprint density at radius 2 is 1.86 bits per heavy atom. The van der Waals surface area contributed by atoms with E-state index in [4.69, 9.17) is 0 Å². The number of imidazole rings is 1. The SMILES string of the molecule is O=C(c1ccc2nc[nH]c2c1)N1CCN(/C=C/c2cccc(C(F)(F)F)c2)CC1. The van der Waals surface area contributed by atoms with Gasteiger partial charge in [-0.15, -0.1) is 0 Å². The van der Waals surface area contributed by atoms with Crippen LogP contribution in [0.3, 0.4) is 0 Å². The van der Waals surface area contributed by atoms with E-state index in [-0.39, 0.29) is 5.91 Å². The Morgan fingerprint density at radius 1 is 1.07 bits per heavy atom. The Hall–Kier alpha value is -3.29. The third-order valence-electron chi connectivity index (χ3n) is 4.96. The van der Waals surface area contributed by atoms with Crippen LogP contribution in [0.2, 0.25) is 0 Å². The molecule has 150 valence electrons. The Balaban J connectivity index is 1.36. The van der Waals surface area contributed by atoms with Crippen LogP contribution < -0.4 is 0 Å². The van der Waals surface area contributed by atoms with Crippen molar-refractivity contribution in [2.45, 2.75) is 6.18 Å². The molecule has 1 fully saturated rings. The lowest BCUT2D eigenvalue weighted by atomic mass is 10.1. The molecule has 1 aliphatic heterocycles. The number of rotatable bonds is 3. The van der Waals surface area contributed by atoms with Crippen LogP contribution in [-0.2, 0) is 6.18 Å².